The summed E-state index contributed by atoms with van der Waals surface area (Å²) in [5.41, 5.74) is 6.85. The molecule has 3 rings (SSSR count). The molecule has 2 saturated heterocycles. The average molecular weight is 394 g/mol. The van der Waals surface area contributed by atoms with Crippen LogP contribution in [-0.2, 0) is 9.59 Å². The lowest BCUT2D eigenvalue weighted by Gasteiger charge is -2.35. The summed E-state index contributed by atoms with van der Waals surface area (Å²) in [6, 6.07) is 7.73. The fraction of sp³-hybridized carbons (Fsp3) is 0.556. The fourth-order valence-corrected chi connectivity index (χ4v) is 4.06. The van der Waals surface area contributed by atoms with Gasteiger partial charge in [0.05, 0.1) is 0 Å². The predicted molar refractivity (Wildman–Crippen MR) is 97.6 cm³/mol. The Morgan fingerprint density at radius 2 is 2.12 bits per heavy atom. The number of halogens is 1. The molecular formula is C18H24BrN3O2. The second kappa shape index (κ2) is 7.23. The van der Waals surface area contributed by atoms with Crippen LogP contribution < -0.4 is 10.6 Å². The van der Waals surface area contributed by atoms with Gasteiger partial charge in [-0.2, -0.15) is 0 Å². The first-order valence-electron chi connectivity index (χ1n) is 8.58. The first kappa shape index (κ1) is 17.4. The monoisotopic (exact) mass is 393 g/mol. The Morgan fingerprint density at radius 3 is 2.83 bits per heavy atom. The van der Waals surface area contributed by atoms with Crippen LogP contribution in [0.4, 0.5) is 5.69 Å². The van der Waals surface area contributed by atoms with E-state index in [4.69, 9.17) is 5.73 Å². The molecule has 2 aliphatic heterocycles. The molecule has 0 saturated carbocycles. The molecule has 0 bridgehead atoms. The van der Waals surface area contributed by atoms with E-state index < -0.39 is 5.92 Å². The van der Waals surface area contributed by atoms with E-state index in [-0.39, 0.29) is 17.9 Å². The van der Waals surface area contributed by atoms with E-state index in [1.54, 1.807) is 4.90 Å². The number of carbonyl (C=O) groups is 2. The van der Waals surface area contributed by atoms with Gasteiger partial charge in [0, 0.05) is 35.8 Å². The third-order valence-electron chi connectivity index (χ3n) is 5.14. The van der Waals surface area contributed by atoms with Crippen LogP contribution in [0.2, 0.25) is 0 Å². The van der Waals surface area contributed by atoms with Crippen molar-refractivity contribution in [2.45, 2.75) is 32.2 Å². The van der Waals surface area contributed by atoms with Gasteiger partial charge < -0.3 is 15.5 Å². The summed E-state index contributed by atoms with van der Waals surface area (Å²) in [5, 5.41) is 0. The number of anilines is 1. The molecule has 6 heteroatoms. The van der Waals surface area contributed by atoms with Crippen LogP contribution in [0, 0.1) is 11.8 Å². The Labute approximate surface area is 151 Å². The minimum absolute atomic E-state index is 0.0251. The van der Waals surface area contributed by atoms with Gasteiger partial charge in [0.15, 0.2) is 0 Å². The molecular weight excluding hydrogens is 370 g/mol. The van der Waals surface area contributed by atoms with Crippen molar-refractivity contribution in [1.82, 2.24) is 4.90 Å². The van der Waals surface area contributed by atoms with Crippen molar-refractivity contribution in [3.05, 3.63) is 28.7 Å². The molecule has 0 radical (unpaired) electrons. The van der Waals surface area contributed by atoms with Crippen LogP contribution in [0.15, 0.2) is 28.7 Å². The minimum atomic E-state index is -0.546. The highest BCUT2D eigenvalue weighted by Crippen LogP contribution is 2.29. The highest BCUT2D eigenvalue weighted by molar-refractivity contribution is 9.10. The van der Waals surface area contributed by atoms with E-state index in [0.717, 1.165) is 29.5 Å². The van der Waals surface area contributed by atoms with Crippen LogP contribution in [0.3, 0.4) is 0 Å². The van der Waals surface area contributed by atoms with Gasteiger partial charge in [0.25, 0.3) is 0 Å². The van der Waals surface area contributed by atoms with Crippen molar-refractivity contribution in [3.8, 4) is 0 Å². The van der Waals surface area contributed by atoms with Crippen molar-refractivity contribution in [3.63, 3.8) is 0 Å². The van der Waals surface area contributed by atoms with E-state index >= 15 is 0 Å². The number of likely N-dealkylation sites (tertiary alicyclic amines) is 1. The maximum atomic E-state index is 12.9. The molecule has 24 heavy (non-hydrogen) atoms. The Bertz CT molecular complexity index is 634. The van der Waals surface area contributed by atoms with Gasteiger partial charge in [-0.3, -0.25) is 9.59 Å². The molecule has 1 aromatic carbocycles. The normalized spacial score (nSPS) is 25.9. The molecule has 2 N–H and O–H groups in total. The smallest absolute Gasteiger partial charge is 0.239 e. The van der Waals surface area contributed by atoms with Crippen LogP contribution in [0.1, 0.15) is 26.2 Å². The largest absolute Gasteiger partial charge is 0.342 e. The van der Waals surface area contributed by atoms with Gasteiger partial charge in [-0.1, -0.05) is 22.0 Å². The highest BCUT2D eigenvalue weighted by Gasteiger charge is 2.40. The number of hydrogen-bond donors (Lipinski definition) is 1. The lowest BCUT2D eigenvalue weighted by atomic mass is 9.91. The van der Waals surface area contributed by atoms with E-state index in [2.05, 4.69) is 15.9 Å². The number of nitrogens with two attached hydrogens (primary N) is 1. The summed E-state index contributed by atoms with van der Waals surface area (Å²) in [6.07, 6.45) is 2.61. The number of amides is 2. The van der Waals surface area contributed by atoms with Gasteiger partial charge >= 0.3 is 0 Å². The minimum Gasteiger partial charge on any atom is -0.342 e. The second-order valence-electron chi connectivity index (χ2n) is 6.86. The molecule has 2 heterocycles. The molecule has 130 valence electrons. The summed E-state index contributed by atoms with van der Waals surface area (Å²) in [4.78, 5) is 29.2. The van der Waals surface area contributed by atoms with E-state index in [1.807, 2.05) is 36.1 Å². The number of hydrogen-bond acceptors (Lipinski definition) is 3. The standard InChI is InChI=1S/C18H24BrN3O2/c1-12(20)13-4-3-8-21(11-13)17(23)16-7-9-22(18(16)24)15-6-2-5-14(19)10-15/h2,5-6,10,12-13,16H,3-4,7-9,11,20H2,1H3/t12-,13+,16+/m0/s1. The molecule has 2 aliphatic rings. The summed E-state index contributed by atoms with van der Waals surface area (Å²) < 4.78 is 0.929. The van der Waals surface area contributed by atoms with E-state index in [1.165, 1.54) is 0 Å². The number of benzene rings is 1. The third-order valence-corrected chi connectivity index (χ3v) is 5.63. The zero-order valence-corrected chi connectivity index (χ0v) is 15.5. The topological polar surface area (TPSA) is 66.6 Å². The first-order chi connectivity index (χ1) is 11.5. The number of carbonyl (C=O) groups excluding carboxylic acids is 2. The lowest BCUT2D eigenvalue weighted by molar-refractivity contribution is -0.141. The zero-order valence-electron chi connectivity index (χ0n) is 14.0. The van der Waals surface area contributed by atoms with Crippen molar-refractivity contribution < 1.29 is 9.59 Å². The van der Waals surface area contributed by atoms with Crippen molar-refractivity contribution >= 4 is 33.4 Å². The zero-order chi connectivity index (χ0) is 17.3. The van der Waals surface area contributed by atoms with Crippen molar-refractivity contribution in [2.24, 2.45) is 17.6 Å². The Balaban J connectivity index is 1.69. The summed E-state index contributed by atoms with van der Waals surface area (Å²) >= 11 is 3.43. The predicted octanol–water partition coefficient (Wildman–Crippen LogP) is 2.39. The van der Waals surface area contributed by atoms with Gasteiger partial charge in [-0.25, -0.2) is 0 Å². The quantitative estimate of drug-likeness (QED) is 0.801. The Kier molecular flexibility index (Phi) is 5.25. The van der Waals surface area contributed by atoms with Crippen LogP contribution in [-0.4, -0.2) is 42.4 Å². The number of nitrogens with zero attached hydrogens (tertiary/aromatic N) is 2. The molecule has 3 atom stereocenters. The van der Waals surface area contributed by atoms with Gasteiger partial charge in [-0.05, 0) is 50.3 Å². The molecule has 0 aliphatic carbocycles. The van der Waals surface area contributed by atoms with Gasteiger partial charge in [0.1, 0.15) is 5.92 Å². The number of piperidine rings is 1. The van der Waals surface area contributed by atoms with Crippen molar-refractivity contribution in [1.29, 1.82) is 0 Å². The SMILES string of the molecule is C[C@H](N)[C@@H]1CCCN(C(=O)[C@H]2CCN(c3cccc(Br)c3)C2=O)C1. The lowest BCUT2D eigenvalue weighted by Crippen LogP contribution is -2.48. The molecule has 0 spiro atoms. The summed E-state index contributed by atoms with van der Waals surface area (Å²) in [7, 11) is 0. The molecule has 5 nitrogen and oxygen atoms in total. The van der Waals surface area contributed by atoms with Crippen molar-refractivity contribution in [2.75, 3.05) is 24.5 Å². The maximum absolute atomic E-state index is 12.9. The fourth-order valence-electron chi connectivity index (χ4n) is 3.67. The molecule has 1 aromatic rings. The molecule has 0 aromatic heterocycles. The maximum Gasteiger partial charge on any atom is 0.239 e. The highest BCUT2D eigenvalue weighted by atomic mass is 79.9. The second-order valence-corrected chi connectivity index (χ2v) is 7.77. The summed E-state index contributed by atoms with van der Waals surface area (Å²) in [5.74, 6) is -0.319. The van der Waals surface area contributed by atoms with Crippen LogP contribution in [0.25, 0.3) is 0 Å². The van der Waals surface area contributed by atoms with E-state index in [9.17, 15) is 9.59 Å². The van der Waals surface area contributed by atoms with Gasteiger partial charge in [0.2, 0.25) is 11.8 Å². The average Bonchev–Trinajstić information content (AvgIpc) is 2.96. The molecule has 2 fully saturated rings. The Hall–Kier alpha value is -1.40. The summed E-state index contributed by atoms with van der Waals surface area (Å²) in [6.45, 7) is 4.00. The first-order valence-corrected chi connectivity index (χ1v) is 9.38. The molecule has 2 amide bonds. The Morgan fingerprint density at radius 1 is 1.33 bits per heavy atom. The van der Waals surface area contributed by atoms with Crippen LogP contribution >= 0.6 is 15.9 Å². The van der Waals surface area contributed by atoms with Gasteiger partial charge in [-0.15, -0.1) is 0 Å². The number of rotatable bonds is 3. The third kappa shape index (κ3) is 3.49. The van der Waals surface area contributed by atoms with Crippen LogP contribution in [0.5, 0.6) is 0 Å². The molecule has 0 unspecified atom stereocenters. The van der Waals surface area contributed by atoms with E-state index in [0.29, 0.717) is 25.4 Å².